The van der Waals surface area contributed by atoms with Crippen molar-refractivity contribution in [2.75, 3.05) is 18.1 Å². The molecule has 1 spiro atoms. The number of carbonyl (C=O) groups excluding carboxylic acids is 2. The van der Waals surface area contributed by atoms with Crippen LogP contribution in [0.25, 0.3) is 0 Å². The van der Waals surface area contributed by atoms with Crippen LogP contribution in [-0.2, 0) is 14.2 Å². The van der Waals surface area contributed by atoms with Crippen LogP contribution in [0.2, 0.25) is 0 Å². The number of nitrogens with zero attached hydrogens (tertiary/aromatic N) is 1. The minimum atomic E-state index is -1.78. The van der Waals surface area contributed by atoms with Crippen LogP contribution in [0.15, 0.2) is 47.6 Å². The predicted octanol–water partition coefficient (Wildman–Crippen LogP) is 4.64. The molecular weight excluding hydrogens is 522 g/mol. The van der Waals surface area contributed by atoms with E-state index in [9.17, 15) is 19.8 Å². The molecule has 1 amide bonds. The summed E-state index contributed by atoms with van der Waals surface area (Å²) in [5.74, 6) is -0.635. The summed E-state index contributed by atoms with van der Waals surface area (Å²) in [4.78, 5) is 28.0. The van der Waals surface area contributed by atoms with E-state index >= 15 is 0 Å². The first-order valence-electron chi connectivity index (χ1n) is 15.0. The summed E-state index contributed by atoms with van der Waals surface area (Å²) < 4.78 is 18.9. The van der Waals surface area contributed by atoms with E-state index in [0.717, 1.165) is 12.0 Å². The molecule has 2 bridgehead atoms. The zero-order valence-electron chi connectivity index (χ0n) is 24.7. The monoisotopic (exact) mass is 563 g/mol. The third kappa shape index (κ3) is 3.48. The number of Topliss-reactive ketones (excluding diaryl/α,β-unsaturated/α-hetero) is 1. The highest BCUT2D eigenvalue weighted by atomic mass is 16.7. The molecule has 2 aliphatic heterocycles. The van der Waals surface area contributed by atoms with Crippen LogP contribution >= 0.6 is 0 Å². The lowest BCUT2D eigenvalue weighted by molar-refractivity contribution is -0.311. The van der Waals surface area contributed by atoms with Gasteiger partial charge in [0.1, 0.15) is 11.7 Å². The first-order valence-corrected chi connectivity index (χ1v) is 15.0. The highest BCUT2D eigenvalue weighted by Gasteiger charge is 2.77. The maximum Gasteiger partial charge on any atom is 0.415 e. The summed E-state index contributed by atoms with van der Waals surface area (Å²) >= 11 is 0. The Labute approximate surface area is 241 Å². The molecule has 8 heteroatoms. The van der Waals surface area contributed by atoms with E-state index in [0.29, 0.717) is 22.7 Å². The molecule has 7 rings (SSSR count). The largest absolute Gasteiger partial charge is 0.438 e. The van der Waals surface area contributed by atoms with Gasteiger partial charge in [-0.1, -0.05) is 45.1 Å². The third-order valence-corrected chi connectivity index (χ3v) is 11.4. The third-order valence-electron chi connectivity index (χ3n) is 11.4. The first kappa shape index (κ1) is 27.3. The number of ether oxygens (including phenoxy) is 3. The van der Waals surface area contributed by atoms with Crippen molar-refractivity contribution in [2.45, 2.75) is 84.1 Å². The predicted molar refractivity (Wildman–Crippen MR) is 151 cm³/mol. The zero-order valence-corrected chi connectivity index (χ0v) is 24.7. The SMILES string of the molecule is CC1=C[C@]23C(O)[C@@H](C=C4COC(C)(C)O[C@H]4[C@]2(O)[C@H]1OC(=O)N1CCC(=O)c2ccccc21)[C@H]1[C@@H](C[C@H]3C)C1(C)C. The number of anilines is 1. The van der Waals surface area contributed by atoms with Gasteiger partial charge in [-0.2, -0.15) is 0 Å². The molecule has 1 saturated heterocycles. The number of fused-ring (bicyclic) bond motifs is 6. The smallest absolute Gasteiger partial charge is 0.415 e. The lowest BCUT2D eigenvalue weighted by Gasteiger charge is -2.55. The van der Waals surface area contributed by atoms with Gasteiger partial charge in [0.15, 0.2) is 17.7 Å². The standard InChI is InChI=1S/C33H41NO7/c1-17-15-32-18(2)13-22-25(30(22,3)4)21(26(32)36)14-19-16-39-31(5,6)41-28(19)33(32,38)27(17)40-29(37)34-12-11-24(35)20-9-7-8-10-23(20)34/h7-10,14-15,18,21-22,25-28,36,38H,11-13,16H2,1-6H3/t18-,21+,22-,25+,26?,27+,28-,32+,33-/m1/s1. The van der Waals surface area contributed by atoms with Crippen LogP contribution in [0, 0.1) is 34.5 Å². The van der Waals surface area contributed by atoms with Crippen LogP contribution in [0.1, 0.15) is 64.7 Å². The maximum absolute atomic E-state index is 13.9. The molecule has 4 aliphatic carbocycles. The second-order valence-corrected chi connectivity index (χ2v) is 14.3. The number of carbonyl (C=O) groups is 2. The molecule has 2 heterocycles. The molecule has 41 heavy (non-hydrogen) atoms. The molecule has 8 nitrogen and oxygen atoms in total. The number of aliphatic hydroxyl groups excluding tert-OH is 1. The van der Waals surface area contributed by atoms with Gasteiger partial charge in [-0.05, 0) is 73.6 Å². The maximum atomic E-state index is 13.9. The summed E-state index contributed by atoms with van der Waals surface area (Å²) in [6.45, 7) is 12.6. The van der Waals surface area contributed by atoms with Crippen molar-refractivity contribution in [3.05, 3.63) is 53.1 Å². The first-order chi connectivity index (χ1) is 19.2. The number of ketones is 1. The van der Waals surface area contributed by atoms with Gasteiger partial charge in [0, 0.05) is 24.4 Å². The summed E-state index contributed by atoms with van der Waals surface area (Å²) in [6, 6.07) is 7.03. The van der Waals surface area contributed by atoms with E-state index in [1.807, 2.05) is 26.8 Å². The summed E-state index contributed by atoms with van der Waals surface area (Å²) in [6.07, 6.45) is 1.66. The second kappa shape index (κ2) is 8.53. The number of amides is 1. The molecule has 2 N–H and O–H groups in total. The van der Waals surface area contributed by atoms with Crippen LogP contribution in [0.4, 0.5) is 10.5 Å². The highest BCUT2D eigenvalue weighted by molar-refractivity contribution is 6.07. The normalized spacial score (nSPS) is 43.3. The molecule has 0 aromatic heterocycles. The summed E-state index contributed by atoms with van der Waals surface area (Å²) in [5, 5.41) is 25.6. The number of rotatable bonds is 1. The highest BCUT2D eigenvalue weighted by Crippen LogP contribution is 2.73. The molecule has 0 radical (unpaired) electrons. The van der Waals surface area contributed by atoms with Gasteiger partial charge in [-0.25, -0.2) is 4.79 Å². The Balaban J connectivity index is 1.34. The summed E-state index contributed by atoms with van der Waals surface area (Å²) in [5.41, 5.74) is -0.348. The average Bonchev–Trinajstić information content (AvgIpc) is 3.41. The Kier molecular flexibility index (Phi) is 5.68. The second-order valence-electron chi connectivity index (χ2n) is 14.3. The van der Waals surface area contributed by atoms with E-state index in [4.69, 9.17) is 14.2 Å². The van der Waals surface area contributed by atoms with Crippen molar-refractivity contribution in [1.29, 1.82) is 0 Å². The lowest BCUT2D eigenvalue weighted by atomic mass is 9.58. The fourth-order valence-corrected chi connectivity index (χ4v) is 9.38. The minimum absolute atomic E-state index is 0.0153. The van der Waals surface area contributed by atoms with Crippen molar-refractivity contribution >= 4 is 17.6 Å². The van der Waals surface area contributed by atoms with Gasteiger partial charge in [0.2, 0.25) is 0 Å². The molecule has 1 unspecified atom stereocenters. The van der Waals surface area contributed by atoms with Gasteiger partial charge < -0.3 is 24.4 Å². The molecular formula is C33H41NO7. The molecule has 1 aromatic carbocycles. The Morgan fingerprint density at radius 3 is 2.66 bits per heavy atom. The topological polar surface area (TPSA) is 106 Å². The average molecular weight is 564 g/mol. The van der Waals surface area contributed by atoms with Crippen LogP contribution in [0.5, 0.6) is 0 Å². The van der Waals surface area contributed by atoms with Gasteiger partial charge in [-0.15, -0.1) is 0 Å². The van der Waals surface area contributed by atoms with Gasteiger partial charge in [-0.3, -0.25) is 9.69 Å². The summed E-state index contributed by atoms with van der Waals surface area (Å²) in [7, 11) is 0. The molecule has 6 aliphatic rings. The van der Waals surface area contributed by atoms with Crippen molar-refractivity contribution in [1.82, 2.24) is 0 Å². The molecule has 2 saturated carbocycles. The number of para-hydroxylation sites is 1. The Bertz CT molecular complexity index is 1400. The van der Waals surface area contributed by atoms with Crippen LogP contribution in [0.3, 0.4) is 0 Å². The van der Waals surface area contributed by atoms with Crippen molar-refractivity contribution in [3.8, 4) is 0 Å². The molecule has 3 fully saturated rings. The van der Waals surface area contributed by atoms with Gasteiger partial charge >= 0.3 is 6.09 Å². The Morgan fingerprint density at radius 2 is 1.90 bits per heavy atom. The van der Waals surface area contributed by atoms with Crippen LogP contribution < -0.4 is 4.90 Å². The van der Waals surface area contributed by atoms with E-state index in [-0.39, 0.29) is 48.5 Å². The molecule has 9 atom stereocenters. The van der Waals surface area contributed by atoms with Crippen molar-refractivity contribution in [3.63, 3.8) is 0 Å². The molecule has 220 valence electrons. The zero-order chi connectivity index (χ0) is 29.3. The van der Waals surface area contributed by atoms with Crippen molar-refractivity contribution < 1.29 is 34.0 Å². The number of aliphatic hydroxyl groups is 2. The quantitative estimate of drug-likeness (QED) is 0.480. The van der Waals surface area contributed by atoms with Crippen LogP contribution in [-0.4, -0.2) is 64.9 Å². The van der Waals surface area contributed by atoms with E-state index in [1.54, 1.807) is 24.3 Å². The Hall–Kier alpha value is -2.52. The lowest BCUT2D eigenvalue weighted by Crippen LogP contribution is -2.69. The van der Waals surface area contributed by atoms with E-state index in [2.05, 4.69) is 26.8 Å². The van der Waals surface area contributed by atoms with Crippen molar-refractivity contribution in [2.24, 2.45) is 34.5 Å². The number of benzene rings is 1. The molecule has 1 aromatic rings. The number of hydrogen-bond acceptors (Lipinski definition) is 7. The van der Waals surface area contributed by atoms with E-state index < -0.39 is 41.2 Å². The minimum Gasteiger partial charge on any atom is -0.438 e. The number of hydrogen-bond donors (Lipinski definition) is 2. The fraction of sp³-hybridized carbons (Fsp3) is 0.636. The van der Waals surface area contributed by atoms with Gasteiger partial charge in [0.25, 0.3) is 0 Å². The van der Waals surface area contributed by atoms with E-state index in [1.165, 1.54) is 4.90 Å². The Morgan fingerprint density at radius 1 is 1.17 bits per heavy atom. The van der Waals surface area contributed by atoms with Gasteiger partial charge in [0.05, 0.1) is 23.8 Å². The fourth-order valence-electron chi connectivity index (χ4n) is 9.38.